The van der Waals surface area contributed by atoms with Crippen LogP contribution in [0.15, 0.2) is 18.7 Å². The Morgan fingerprint density at radius 2 is 2.46 bits per heavy atom. The van der Waals surface area contributed by atoms with Gasteiger partial charge in [-0.1, -0.05) is 6.55 Å². The zero-order valence-corrected chi connectivity index (χ0v) is 9.48. The molecule has 1 aliphatic heterocycles. The van der Waals surface area contributed by atoms with Gasteiger partial charge in [-0.25, -0.2) is 4.98 Å². The molecule has 3 nitrogen and oxygen atoms in total. The molecule has 72 valence electrons. The molecule has 1 aromatic heterocycles. The summed E-state index contributed by atoms with van der Waals surface area (Å²) in [6.07, 6.45) is 9.43. The summed E-state index contributed by atoms with van der Waals surface area (Å²) >= 11 is 0. The van der Waals surface area contributed by atoms with Crippen LogP contribution in [0, 0.1) is 0 Å². The summed E-state index contributed by atoms with van der Waals surface area (Å²) in [5.74, 6) is 0. The Morgan fingerprint density at radius 1 is 1.54 bits per heavy atom. The Bertz CT molecular complexity index is 255. The van der Waals surface area contributed by atoms with Gasteiger partial charge in [0.15, 0.2) is 0 Å². The Kier molecular flexibility index (Phi) is 2.51. The van der Waals surface area contributed by atoms with Crippen molar-refractivity contribution in [2.24, 2.45) is 0 Å². The van der Waals surface area contributed by atoms with Crippen LogP contribution >= 0.6 is 0 Å². The van der Waals surface area contributed by atoms with Gasteiger partial charge in [-0.3, -0.25) is 0 Å². The fourth-order valence-electron chi connectivity index (χ4n) is 2.00. The van der Waals surface area contributed by atoms with Crippen molar-refractivity contribution >= 4 is 9.52 Å². The summed E-state index contributed by atoms with van der Waals surface area (Å²) in [5, 5.41) is 0.0365. The first-order valence-corrected chi connectivity index (χ1v) is 7.12. The first-order chi connectivity index (χ1) is 6.37. The molecule has 2 rings (SSSR count). The average molecular weight is 196 g/mol. The maximum atomic E-state index is 5.94. The van der Waals surface area contributed by atoms with Gasteiger partial charge in [-0.2, -0.15) is 0 Å². The summed E-state index contributed by atoms with van der Waals surface area (Å²) < 4.78 is 8.11. The van der Waals surface area contributed by atoms with E-state index in [1.807, 2.05) is 18.7 Å². The first-order valence-electron chi connectivity index (χ1n) is 5.00. The fourth-order valence-corrected chi connectivity index (χ4v) is 3.51. The lowest BCUT2D eigenvalue weighted by molar-refractivity contribution is -0.0738. The highest BCUT2D eigenvalue weighted by atomic mass is 28.2. The van der Waals surface area contributed by atoms with E-state index in [2.05, 4.69) is 16.1 Å². The monoisotopic (exact) mass is 196 g/mol. The van der Waals surface area contributed by atoms with Crippen molar-refractivity contribution < 1.29 is 4.74 Å². The lowest BCUT2D eigenvalue weighted by Gasteiger charge is -2.37. The highest BCUT2D eigenvalue weighted by molar-refractivity contribution is 6.36. The van der Waals surface area contributed by atoms with E-state index in [-0.39, 0.29) is 14.9 Å². The largest absolute Gasteiger partial charge is 0.360 e. The molecule has 0 N–H and O–H groups in total. The number of imidazole rings is 1. The maximum Gasteiger partial charge on any atom is 0.123 e. The summed E-state index contributed by atoms with van der Waals surface area (Å²) in [6.45, 7) is 3.23. The van der Waals surface area contributed by atoms with Gasteiger partial charge in [0.1, 0.15) is 5.35 Å². The molecule has 1 aliphatic rings. The maximum absolute atomic E-state index is 5.94. The molecule has 4 heteroatoms. The molecule has 0 spiro atoms. The number of aromatic nitrogens is 2. The van der Waals surface area contributed by atoms with E-state index in [1.165, 1.54) is 19.3 Å². The summed E-state index contributed by atoms with van der Waals surface area (Å²) in [7, 11) is -0.207. The average Bonchev–Trinajstić information content (AvgIpc) is 2.72. The van der Waals surface area contributed by atoms with Crippen LogP contribution in [0.5, 0.6) is 0 Å². The van der Waals surface area contributed by atoms with Crippen molar-refractivity contribution in [2.75, 3.05) is 6.61 Å². The Hall–Kier alpha value is -0.613. The second-order valence-corrected chi connectivity index (χ2v) is 5.39. The van der Waals surface area contributed by atoms with Crippen LogP contribution in [0.25, 0.3) is 0 Å². The van der Waals surface area contributed by atoms with Gasteiger partial charge in [-0.05, 0) is 19.3 Å². The van der Waals surface area contributed by atoms with Gasteiger partial charge in [-0.15, -0.1) is 0 Å². The van der Waals surface area contributed by atoms with Crippen molar-refractivity contribution in [2.45, 2.75) is 31.2 Å². The fraction of sp³-hybridized carbons (Fsp3) is 0.667. The molecule has 0 saturated carbocycles. The first kappa shape index (κ1) is 8.96. The minimum Gasteiger partial charge on any atom is -0.360 e. The predicted octanol–water partition coefficient (Wildman–Crippen LogP) is 0.911. The molecule has 13 heavy (non-hydrogen) atoms. The Balaban J connectivity index is 2.23. The molecule has 1 fully saturated rings. The highest BCUT2D eigenvalue weighted by Crippen LogP contribution is 2.28. The zero-order chi connectivity index (χ0) is 9.15. The van der Waals surface area contributed by atoms with Crippen molar-refractivity contribution in [3.8, 4) is 0 Å². The van der Waals surface area contributed by atoms with Crippen LogP contribution in [0.3, 0.4) is 0 Å². The van der Waals surface area contributed by atoms with Gasteiger partial charge in [0, 0.05) is 19.0 Å². The predicted molar refractivity (Wildman–Crippen MR) is 54.4 cm³/mol. The molecule has 0 bridgehead atoms. The van der Waals surface area contributed by atoms with Crippen molar-refractivity contribution in [3.05, 3.63) is 18.7 Å². The molecule has 1 atom stereocenters. The summed E-state index contributed by atoms with van der Waals surface area (Å²) in [5.41, 5.74) is 0. The molecular formula is C9H16N2OSi. The third-order valence-corrected chi connectivity index (χ3v) is 4.89. The normalized spacial score (nSPS) is 29.9. The molecule has 0 radical (unpaired) electrons. The highest BCUT2D eigenvalue weighted by Gasteiger charge is 2.32. The van der Waals surface area contributed by atoms with Crippen molar-refractivity contribution in [3.63, 3.8) is 0 Å². The van der Waals surface area contributed by atoms with Gasteiger partial charge < -0.3 is 9.30 Å². The topological polar surface area (TPSA) is 27.1 Å². The molecular weight excluding hydrogens is 180 g/mol. The summed E-state index contributed by atoms with van der Waals surface area (Å²) in [4.78, 5) is 4.10. The quantitative estimate of drug-likeness (QED) is 0.657. The number of ether oxygens (including phenoxy) is 1. The van der Waals surface area contributed by atoms with Gasteiger partial charge in [0.2, 0.25) is 0 Å². The zero-order valence-electron chi connectivity index (χ0n) is 8.07. The van der Waals surface area contributed by atoms with Gasteiger partial charge in [0.25, 0.3) is 0 Å². The van der Waals surface area contributed by atoms with Crippen LogP contribution in [0.4, 0.5) is 0 Å². The minimum atomic E-state index is -0.207. The number of nitrogens with zero attached hydrogens (tertiary/aromatic N) is 2. The third kappa shape index (κ3) is 1.56. The van der Waals surface area contributed by atoms with Gasteiger partial charge >= 0.3 is 0 Å². The Morgan fingerprint density at radius 3 is 3.00 bits per heavy atom. The van der Waals surface area contributed by atoms with Crippen LogP contribution in [0.2, 0.25) is 6.55 Å². The molecule has 0 amide bonds. The van der Waals surface area contributed by atoms with E-state index in [1.54, 1.807) is 0 Å². The lowest BCUT2D eigenvalue weighted by atomic mass is 10.2. The van der Waals surface area contributed by atoms with Crippen molar-refractivity contribution in [1.82, 2.24) is 9.55 Å². The van der Waals surface area contributed by atoms with E-state index < -0.39 is 0 Å². The standard InChI is InChI=1S/C9H16N2OSi/c1-13-9(4-2-3-7-12-9)11-6-5-10-8-11/h5-6,8H,2-4,7,13H2,1H3. The van der Waals surface area contributed by atoms with Crippen LogP contribution in [0.1, 0.15) is 19.3 Å². The van der Waals surface area contributed by atoms with E-state index in [9.17, 15) is 0 Å². The lowest BCUT2D eigenvalue weighted by Crippen LogP contribution is -2.43. The van der Waals surface area contributed by atoms with E-state index in [0.717, 1.165) is 6.61 Å². The van der Waals surface area contributed by atoms with Crippen LogP contribution in [-0.2, 0) is 10.1 Å². The van der Waals surface area contributed by atoms with E-state index in [4.69, 9.17) is 4.74 Å². The van der Waals surface area contributed by atoms with E-state index in [0.29, 0.717) is 0 Å². The van der Waals surface area contributed by atoms with E-state index >= 15 is 0 Å². The second-order valence-electron chi connectivity index (χ2n) is 3.58. The molecule has 2 heterocycles. The molecule has 0 aromatic carbocycles. The number of hydrogen-bond donors (Lipinski definition) is 0. The second kappa shape index (κ2) is 3.63. The molecule has 1 unspecified atom stereocenters. The van der Waals surface area contributed by atoms with Crippen LogP contribution < -0.4 is 0 Å². The molecule has 1 saturated heterocycles. The van der Waals surface area contributed by atoms with Gasteiger partial charge in [0.05, 0.1) is 15.8 Å². The van der Waals surface area contributed by atoms with Crippen molar-refractivity contribution in [1.29, 1.82) is 0 Å². The third-order valence-electron chi connectivity index (χ3n) is 2.86. The smallest absolute Gasteiger partial charge is 0.123 e. The number of hydrogen-bond acceptors (Lipinski definition) is 2. The Labute approximate surface area is 80.9 Å². The molecule has 1 aromatic rings. The minimum absolute atomic E-state index is 0.0365. The molecule has 0 aliphatic carbocycles. The summed E-state index contributed by atoms with van der Waals surface area (Å²) in [6, 6.07) is 0. The SMILES string of the molecule is C[SiH2]C1(n2ccnc2)CCCCO1. The van der Waals surface area contributed by atoms with Crippen LogP contribution in [-0.4, -0.2) is 25.7 Å². The number of rotatable bonds is 2.